The van der Waals surface area contributed by atoms with Crippen molar-refractivity contribution in [2.45, 2.75) is 116 Å². The van der Waals surface area contributed by atoms with Crippen LogP contribution in [0.25, 0.3) is 0 Å². The second-order valence-electron chi connectivity index (χ2n) is 10.2. The first-order valence-electron chi connectivity index (χ1n) is 14.7. The Balaban J connectivity index is 1.39. The lowest BCUT2D eigenvalue weighted by molar-refractivity contribution is -0.119. The zero-order chi connectivity index (χ0) is 25.7. The van der Waals surface area contributed by atoms with Crippen molar-refractivity contribution in [3.05, 3.63) is 29.8 Å². The van der Waals surface area contributed by atoms with Crippen LogP contribution in [0.5, 0.6) is 0 Å². The normalized spacial score (nSPS) is 15.1. The van der Waals surface area contributed by atoms with Crippen molar-refractivity contribution in [3.63, 3.8) is 0 Å². The molecular formula is C30H51N3O3. The van der Waals surface area contributed by atoms with Gasteiger partial charge in [-0.2, -0.15) is 0 Å². The van der Waals surface area contributed by atoms with Gasteiger partial charge in [0.1, 0.15) is 0 Å². The second kappa shape index (κ2) is 20.0. The number of anilines is 1. The van der Waals surface area contributed by atoms with Crippen LogP contribution in [-0.4, -0.2) is 44.2 Å². The van der Waals surface area contributed by atoms with Gasteiger partial charge < -0.3 is 20.7 Å². The average molecular weight is 502 g/mol. The minimum absolute atomic E-state index is 0.00285. The molecule has 0 bridgehead atoms. The number of nitrogens with one attached hydrogen (secondary N) is 3. The van der Waals surface area contributed by atoms with E-state index in [0.29, 0.717) is 12.1 Å². The number of hydrogen-bond acceptors (Lipinski definition) is 4. The maximum atomic E-state index is 12.2. The van der Waals surface area contributed by atoms with Gasteiger partial charge in [-0.3, -0.25) is 9.59 Å². The molecule has 1 fully saturated rings. The Morgan fingerprint density at radius 3 is 1.94 bits per heavy atom. The highest BCUT2D eigenvalue weighted by Gasteiger charge is 2.16. The molecule has 0 aliphatic carbocycles. The minimum Gasteiger partial charge on any atom is -0.376 e. The molecule has 1 heterocycles. The van der Waals surface area contributed by atoms with E-state index in [9.17, 15) is 9.59 Å². The van der Waals surface area contributed by atoms with Gasteiger partial charge in [0.15, 0.2) is 0 Å². The molecule has 1 aromatic rings. The predicted molar refractivity (Wildman–Crippen MR) is 150 cm³/mol. The van der Waals surface area contributed by atoms with Crippen LogP contribution in [0.1, 0.15) is 120 Å². The largest absolute Gasteiger partial charge is 0.376 e. The average Bonchev–Trinajstić information content (AvgIpc) is 3.42. The fraction of sp³-hybridized carbons (Fsp3) is 0.733. The van der Waals surface area contributed by atoms with Gasteiger partial charge in [0.05, 0.1) is 12.6 Å². The molecule has 6 nitrogen and oxygen atoms in total. The Hall–Kier alpha value is -2.08. The van der Waals surface area contributed by atoms with Gasteiger partial charge in [0.25, 0.3) is 5.91 Å². The molecule has 1 atom stereocenters. The quantitative estimate of drug-likeness (QED) is 0.166. The minimum atomic E-state index is -0.0945. The number of unbranched alkanes of at least 4 members (excludes halogenated alkanes) is 13. The van der Waals surface area contributed by atoms with Crippen molar-refractivity contribution >= 4 is 17.5 Å². The number of benzene rings is 1. The number of rotatable bonds is 21. The highest BCUT2D eigenvalue weighted by atomic mass is 16.5. The molecule has 1 saturated heterocycles. The molecule has 3 N–H and O–H groups in total. The van der Waals surface area contributed by atoms with E-state index in [-0.39, 0.29) is 24.5 Å². The standard InChI is InChI=1S/C30H51N3O3/c1-2-3-4-5-6-7-8-9-10-11-12-13-14-15-22-31-29(34)25-32-27-20-18-26(19-21-27)30(35)33-24-28-17-16-23-36-28/h18-21,28,32H,2-17,22-25H2,1H3,(H,31,34)(H,33,35). The molecule has 0 radical (unpaired) electrons. The highest BCUT2D eigenvalue weighted by molar-refractivity contribution is 5.94. The van der Waals surface area contributed by atoms with Crippen LogP contribution in [0.2, 0.25) is 0 Å². The van der Waals surface area contributed by atoms with Crippen LogP contribution in [0.15, 0.2) is 24.3 Å². The SMILES string of the molecule is CCCCCCCCCCCCCCCCNC(=O)CNc1ccc(C(=O)NCC2CCCO2)cc1. The Morgan fingerprint density at radius 1 is 0.806 bits per heavy atom. The van der Waals surface area contributed by atoms with Gasteiger partial charge >= 0.3 is 0 Å². The first kappa shape index (κ1) is 30.1. The Morgan fingerprint density at radius 2 is 1.39 bits per heavy atom. The van der Waals surface area contributed by atoms with Gasteiger partial charge in [-0.05, 0) is 43.5 Å². The smallest absolute Gasteiger partial charge is 0.251 e. The van der Waals surface area contributed by atoms with Crippen molar-refractivity contribution in [1.82, 2.24) is 10.6 Å². The molecule has 6 heteroatoms. The molecule has 2 amide bonds. The summed E-state index contributed by atoms with van der Waals surface area (Å²) in [5.74, 6) is -0.0916. The molecule has 1 aliphatic heterocycles. The number of ether oxygens (including phenoxy) is 1. The molecule has 1 aromatic carbocycles. The summed E-state index contributed by atoms with van der Waals surface area (Å²) >= 11 is 0. The molecular weight excluding hydrogens is 450 g/mol. The topological polar surface area (TPSA) is 79.5 Å². The van der Waals surface area contributed by atoms with Crippen LogP contribution in [0.3, 0.4) is 0 Å². The summed E-state index contributed by atoms with van der Waals surface area (Å²) < 4.78 is 5.53. The summed E-state index contributed by atoms with van der Waals surface area (Å²) in [6.07, 6.45) is 20.9. The fourth-order valence-corrected chi connectivity index (χ4v) is 4.65. The summed E-state index contributed by atoms with van der Waals surface area (Å²) in [6.45, 7) is 4.59. The summed E-state index contributed by atoms with van der Waals surface area (Å²) in [5, 5.41) is 9.04. The second-order valence-corrected chi connectivity index (χ2v) is 10.2. The molecule has 0 saturated carbocycles. The van der Waals surface area contributed by atoms with E-state index in [0.717, 1.165) is 38.1 Å². The summed E-state index contributed by atoms with van der Waals surface area (Å²) in [5.41, 5.74) is 1.44. The molecule has 0 spiro atoms. The summed E-state index contributed by atoms with van der Waals surface area (Å²) in [7, 11) is 0. The number of amides is 2. The lowest BCUT2D eigenvalue weighted by Crippen LogP contribution is -2.31. The summed E-state index contributed by atoms with van der Waals surface area (Å²) in [6, 6.07) is 7.23. The Labute approximate surface area is 219 Å². The van der Waals surface area contributed by atoms with Gasteiger partial charge in [0, 0.05) is 30.9 Å². The van der Waals surface area contributed by atoms with Gasteiger partial charge in [0.2, 0.25) is 5.91 Å². The zero-order valence-electron chi connectivity index (χ0n) is 22.8. The number of hydrogen-bond donors (Lipinski definition) is 3. The zero-order valence-corrected chi connectivity index (χ0v) is 22.8. The van der Waals surface area contributed by atoms with Crippen molar-refractivity contribution < 1.29 is 14.3 Å². The maximum absolute atomic E-state index is 12.2. The molecule has 1 aliphatic rings. The van der Waals surface area contributed by atoms with Crippen LogP contribution in [0, 0.1) is 0 Å². The Bertz CT molecular complexity index is 702. The number of carbonyl (C=O) groups excluding carboxylic acids is 2. The monoisotopic (exact) mass is 501 g/mol. The van der Waals surface area contributed by atoms with E-state index in [2.05, 4.69) is 22.9 Å². The summed E-state index contributed by atoms with van der Waals surface area (Å²) in [4.78, 5) is 24.3. The molecule has 2 rings (SSSR count). The van der Waals surface area contributed by atoms with E-state index >= 15 is 0 Å². The van der Waals surface area contributed by atoms with E-state index in [1.54, 1.807) is 12.1 Å². The molecule has 0 aromatic heterocycles. The van der Waals surface area contributed by atoms with Crippen molar-refractivity contribution in [2.24, 2.45) is 0 Å². The van der Waals surface area contributed by atoms with E-state index in [1.165, 1.54) is 83.5 Å². The maximum Gasteiger partial charge on any atom is 0.251 e. The van der Waals surface area contributed by atoms with Crippen LogP contribution in [0.4, 0.5) is 5.69 Å². The van der Waals surface area contributed by atoms with Crippen LogP contribution >= 0.6 is 0 Å². The van der Waals surface area contributed by atoms with E-state index in [1.807, 2.05) is 12.1 Å². The first-order chi connectivity index (χ1) is 17.7. The number of carbonyl (C=O) groups is 2. The van der Waals surface area contributed by atoms with E-state index < -0.39 is 0 Å². The van der Waals surface area contributed by atoms with Crippen molar-refractivity contribution in [3.8, 4) is 0 Å². The molecule has 1 unspecified atom stereocenters. The van der Waals surface area contributed by atoms with Gasteiger partial charge in [-0.15, -0.1) is 0 Å². The molecule has 204 valence electrons. The van der Waals surface area contributed by atoms with Crippen LogP contribution < -0.4 is 16.0 Å². The third kappa shape index (κ3) is 14.5. The Kier molecular flexibility index (Phi) is 16.8. The lowest BCUT2D eigenvalue weighted by Gasteiger charge is -2.11. The van der Waals surface area contributed by atoms with Gasteiger partial charge in [-0.1, -0.05) is 90.4 Å². The van der Waals surface area contributed by atoms with Crippen LogP contribution in [-0.2, 0) is 9.53 Å². The third-order valence-corrected chi connectivity index (χ3v) is 6.97. The van der Waals surface area contributed by atoms with Gasteiger partial charge in [-0.25, -0.2) is 0 Å². The predicted octanol–water partition coefficient (Wildman–Crippen LogP) is 6.60. The third-order valence-electron chi connectivity index (χ3n) is 6.97. The van der Waals surface area contributed by atoms with Crippen molar-refractivity contribution in [1.29, 1.82) is 0 Å². The lowest BCUT2D eigenvalue weighted by atomic mass is 10.0. The first-order valence-corrected chi connectivity index (χ1v) is 14.7. The van der Waals surface area contributed by atoms with Crippen molar-refractivity contribution in [2.75, 3.05) is 31.6 Å². The fourth-order valence-electron chi connectivity index (χ4n) is 4.65. The highest BCUT2D eigenvalue weighted by Crippen LogP contribution is 2.14. The molecule has 36 heavy (non-hydrogen) atoms. The van der Waals surface area contributed by atoms with E-state index in [4.69, 9.17) is 4.74 Å².